The molecule has 2 atom stereocenters. The van der Waals surface area contributed by atoms with Crippen LogP contribution in [0.3, 0.4) is 0 Å². The zero-order valence-corrected chi connectivity index (χ0v) is 19.8. The third-order valence-electron chi connectivity index (χ3n) is 7.75. The van der Waals surface area contributed by atoms with Crippen molar-refractivity contribution in [3.05, 3.63) is 35.9 Å². The van der Waals surface area contributed by atoms with Crippen molar-refractivity contribution >= 4 is 17.6 Å². The second-order valence-corrected chi connectivity index (χ2v) is 10.2. The fourth-order valence-corrected chi connectivity index (χ4v) is 5.66. The largest absolute Gasteiger partial charge is 0.473 e. The summed E-state index contributed by atoms with van der Waals surface area (Å²) in [6, 6.07) is 4.04. The SMILES string of the molecule is Cc1c(OC2C3COCC2CN(C(=O)OC2(C)CCC2)C3)ncnc1N1CCc2ncccc21. The number of aromatic nitrogens is 3. The number of hydrogen-bond acceptors (Lipinski definition) is 8. The summed E-state index contributed by atoms with van der Waals surface area (Å²) in [5.41, 5.74) is 2.80. The summed E-state index contributed by atoms with van der Waals surface area (Å²) in [6.07, 6.45) is 7.04. The normalized spacial score (nSPS) is 27.1. The summed E-state index contributed by atoms with van der Waals surface area (Å²) in [5, 5.41) is 0. The van der Waals surface area contributed by atoms with Gasteiger partial charge in [-0.1, -0.05) is 0 Å². The van der Waals surface area contributed by atoms with E-state index in [2.05, 4.69) is 25.9 Å². The van der Waals surface area contributed by atoms with Gasteiger partial charge in [-0.05, 0) is 45.2 Å². The number of ether oxygens (including phenoxy) is 3. The topological polar surface area (TPSA) is 89.9 Å². The van der Waals surface area contributed by atoms with Crippen LogP contribution in [0.15, 0.2) is 24.7 Å². The van der Waals surface area contributed by atoms with Gasteiger partial charge in [0, 0.05) is 44.1 Å². The van der Waals surface area contributed by atoms with Crippen LogP contribution in [0.25, 0.3) is 0 Å². The van der Waals surface area contributed by atoms with Crippen LogP contribution < -0.4 is 9.64 Å². The minimum absolute atomic E-state index is 0.0638. The number of pyridine rings is 1. The Balaban J connectivity index is 1.19. The first-order valence-electron chi connectivity index (χ1n) is 12.3. The van der Waals surface area contributed by atoms with Crippen LogP contribution in [0.5, 0.6) is 5.88 Å². The zero-order valence-electron chi connectivity index (χ0n) is 19.8. The summed E-state index contributed by atoms with van der Waals surface area (Å²) >= 11 is 0. The van der Waals surface area contributed by atoms with E-state index in [-0.39, 0.29) is 29.6 Å². The minimum Gasteiger partial charge on any atom is -0.473 e. The molecule has 4 aliphatic rings. The first kappa shape index (κ1) is 21.6. The highest BCUT2D eigenvalue weighted by Gasteiger charge is 2.46. The van der Waals surface area contributed by atoms with Crippen molar-refractivity contribution in [3.63, 3.8) is 0 Å². The van der Waals surface area contributed by atoms with E-state index in [1.165, 1.54) is 0 Å². The van der Waals surface area contributed by atoms with Gasteiger partial charge in [0.2, 0.25) is 5.88 Å². The van der Waals surface area contributed by atoms with Crippen molar-refractivity contribution in [1.29, 1.82) is 0 Å². The molecule has 2 aromatic heterocycles. The molecule has 0 spiro atoms. The fraction of sp³-hybridized carbons (Fsp3) is 0.600. The summed E-state index contributed by atoms with van der Waals surface area (Å²) in [6.45, 7) is 7.13. The molecule has 3 fully saturated rings. The van der Waals surface area contributed by atoms with E-state index in [9.17, 15) is 4.79 Å². The maximum Gasteiger partial charge on any atom is 0.410 e. The minimum atomic E-state index is -0.297. The lowest BCUT2D eigenvalue weighted by Crippen LogP contribution is -2.59. The molecule has 5 heterocycles. The van der Waals surface area contributed by atoms with Crippen LogP contribution in [0, 0.1) is 18.8 Å². The Morgan fingerprint density at radius 1 is 1.18 bits per heavy atom. The van der Waals surface area contributed by atoms with Crippen molar-refractivity contribution in [2.75, 3.05) is 37.7 Å². The predicted octanol–water partition coefficient (Wildman–Crippen LogP) is 3.28. The van der Waals surface area contributed by atoms with Crippen LogP contribution >= 0.6 is 0 Å². The second-order valence-electron chi connectivity index (χ2n) is 10.2. The average Bonchev–Trinajstić information content (AvgIpc) is 3.23. The molecule has 34 heavy (non-hydrogen) atoms. The lowest BCUT2D eigenvalue weighted by molar-refractivity contribution is -0.119. The van der Waals surface area contributed by atoms with E-state index in [1.54, 1.807) is 6.33 Å². The van der Waals surface area contributed by atoms with Gasteiger partial charge in [0.25, 0.3) is 0 Å². The molecule has 0 aromatic carbocycles. The molecule has 6 rings (SSSR count). The lowest BCUT2D eigenvalue weighted by Gasteiger charge is -2.47. The second kappa shape index (κ2) is 8.37. The molecule has 1 amide bonds. The lowest BCUT2D eigenvalue weighted by atomic mass is 9.82. The van der Waals surface area contributed by atoms with Crippen molar-refractivity contribution < 1.29 is 19.0 Å². The van der Waals surface area contributed by atoms with E-state index in [0.29, 0.717) is 32.2 Å². The number of rotatable bonds is 4. The maximum atomic E-state index is 12.8. The predicted molar refractivity (Wildman–Crippen MR) is 124 cm³/mol. The van der Waals surface area contributed by atoms with Gasteiger partial charge in [-0.3, -0.25) is 4.98 Å². The first-order chi connectivity index (χ1) is 16.5. The molecule has 9 nitrogen and oxygen atoms in total. The van der Waals surface area contributed by atoms with E-state index in [1.807, 2.05) is 31.0 Å². The highest BCUT2D eigenvalue weighted by molar-refractivity contribution is 5.69. The number of anilines is 2. The molecular formula is C25H31N5O4. The molecular weight excluding hydrogens is 434 g/mol. The summed E-state index contributed by atoms with van der Waals surface area (Å²) in [5.74, 6) is 1.60. The highest BCUT2D eigenvalue weighted by Crippen LogP contribution is 2.39. The third kappa shape index (κ3) is 3.76. The Morgan fingerprint density at radius 2 is 1.97 bits per heavy atom. The smallest absolute Gasteiger partial charge is 0.410 e. The Morgan fingerprint density at radius 3 is 2.71 bits per heavy atom. The molecule has 9 heteroatoms. The number of nitrogens with zero attached hydrogens (tertiary/aromatic N) is 5. The van der Waals surface area contributed by atoms with Crippen LogP contribution in [-0.4, -0.2) is 70.5 Å². The van der Waals surface area contributed by atoms with Crippen molar-refractivity contribution in [3.8, 4) is 5.88 Å². The molecule has 2 unspecified atom stereocenters. The zero-order chi connectivity index (χ0) is 23.3. The third-order valence-corrected chi connectivity index (χ3v) is 7.75. The molecule has 0 radical (unpaired) electrons. The van der Waals surface area contributed by atoms with Crippen LogP contribution in [0.2, 0.25) is 0 Å². The van der Waals surface area contributed by atoms with Crippen molar-refractivity contribution in [2.24, 2.45) is 11.8 Å². The Kier molecular flexibility index (Phi) is 5.32. The summed E-state index contributed by atoms with van der Waals surface area (Å²) < 4.78 is 18.2. The number of hydrogen-bond donors (Lipinski definition) is 0. The number of fused-ring (bicyclic) bond motifs is 3. The molecule has 2 bridgehead atoms. The van der Waals surface area contributed by atoms with Gasteiger partial charge in [-0.15, -0.1) is 0 Å². The molecule has 3 aliphatic heterocycles. The molecule has 0 N–H and O–H groups in total. The Bertz CT molecular complexity index is 1080. The average molecular weight is 466 g/mol. The van der Waals surface area contributed by atoms with Crippen LogP contribution in [0.4, 0.5) is 16.3 Å². The van der Waals surface area contributed by atoms with E-state index >= 15 is 0 Å². The Labute approximate surface area is 199 Å². The van der Waals surface area contributed by atoms with E-state index in [0.717, 1.165) is 55.0 Å². The molecule has 2 aromatic rings. The number of carbonyl (C=O) groups is 1. The van der Waals surface area contributed by atoms with Gasteiger partial charge in [0.05, 0.1) is 30.2 Å². The van der Waals surface area contributed by atoms with Crippen molar-refractivity contribution in [1.82, 2.24) is 19.9 Å². The van der Waals surface area contributed by atoms with Crippen LogP contribution in [-0.2, 0) is 15.9 Å². The standard InChI is InChI=1S/C25H31N5O4/c1-16-22(30-10-6-19-20(30)5-3-9-26-19)27-15-28-23(16)33-21-17-11-29(12-18(21)14-32-13-17)24(31)34-25(2)7-4-8-25/h3,5,9,15,17-18,21H,4,6-8,10-14H2,1-2H3. The molecule has 1 aliphatic carbocycles. The fourth-order valence-electron chi connectivity index (χ4n) is 5.66. The highest BCUT2D eigenvalue weighted by atomic mass is 16.6. The van der Waals surface area contributed by atoms with Gasteiger partial charge in [0.15, 0.2) is 0 Å². The number of carbonyl (C=O) groups excluding carboxylic acids is 1. The molecule has 2 saturated heterocycles. The number of amides is 1. The van der Waals surface area contributed by atoms with Gasteiger partial charge in [-0.2, -0.15) is 0 Å². The number of piperidine rings is 1. The summed E-state index contributed by atoms with van der Waals surface area (Å²) in [4.78, 5) is 30.4. The quantitative estimate of drug-likeness (QED) is 0.680. The maximum absolute atomic E-state index is 12.8. The Hall–Kier alpha value is -2.94. The van der Waals surface area contributed by atoms with E-state index in [4.69, 9.17) is 14.2 Å². The molecule has 180 valence electrons. The van der Waals surface area contributed by atoms with Gasteiger partial charge in [0.1, 0.15) is 23.9 Å². The van der Waals surface area contributed by atoms with E-state index < -0.39 is 0 Å². The van der Waals surface area contributed by atoms with Crippen LogP contribution in [0.1, 0.15) is 37.4 Å². The molecule has 1 saturated carbocycles. The van der Waals surface area contributed by atoms with Gasteiger partial charge >= 0.3 is 6.09 Å². The van der Waals surface area contributed by atoms with Crippen molar-refractivity contribution in [2.45, 2.75) is 51.2 Å². The summed E-state index contributed by atoms with van der Waals surface area (Å²) in [7, 11) is 0. The monoisotopic (exact) mass is 465 g/mol. The number of likely N-dealkylation sites (tertiary alicyclic amines) is 1. The van der Waals surface area contributed by atoms with Gasteiger partial charge < -0.3 is 24.0 Å². The first-order valence-corrected chi connectivity index (χ1v) is 12.3. The van der Waals surface area contributed by atoms with Gasteiger partial charge in [-0.25, -0.2) is 14.8 Å².